The smallest absolute Gasteiger partial charge is 0.227 e. The average Bonchev–Trinajstić information content (AvgIpc) is 2.45. The van der Waals surface area contributed by atoms with Gasteiger partial charge in [-0.15, -0.1) is 0 Å². The predicted octanol–water partition coefficient (Wildman–Crippen LogP) is 2.78. The third-order valence-corrected chi connectivity index (χ3v) is 4.18. The van der Waals surface area contributed by atoms with Crippen LogP contribution in [0.15, 0.2) is 18.2 Å². The van der Waals surface area contributed by atoms with E-state index in [2.05, 4.69) is 5.32 Å². The van der Waals surface area contributed by atoms with Crippen LogP contribution in [0.2, 0.25) is 0 Å². The summed E-state index contributed by atoms with van der Waals surface area (Å²) in [6.07, 6.45) is 1.37. The van der Waals surface area contributed by atoms with Crippen molar-refractivity contribution in [1.82, 2.24) is 5.32 Å². The van der Waals surface area contributed by atoms with E-state index in [-0.39, 0.29) is 30.5 Å². The molecule has 0 radical (unpaired) electrons. The number of rotatable bonds is 7. The number of hydrogen-bond donors (Lipinski definition) is 2. The summed E-state index contributed by atoms with van der Waals surface area (Å²) < 4.78 is 27.2. The van der Waals surface area contributed by atoms with Gasteiger partial charge in [0.2, 0.25) is 5.91 Å². The molecule has 0 heterocycles. The normalized spacial score (nSPS) is 13.0. The molecule has 1 amide bonds. The summed E-state index contributed by atoms with van der Waals surface area (Å²) in [5.41, 5.74) is 5.11. The van der Waals surface area contributed by atoms with Crippen LogP contribution in [-0.4, -0.2) is 18.5 Å². The summed E-state index contributed by atoms with van der Waals surface area (Å²) >= 11 is 0. The van der Waals surface area contributed by atoms with Crippen LogP contribution in [0.4, 0.5) is 8.78 Å². The molecule has 1 aromatic carbocycles. The minimum absolute atomic E-state index is 0.00311. The largest absolute Gasteiger partial charge is 0.353 e. The van der Waals surface area contributed by atoms with Gasteiger partial charge in [0.15, 0.2) is 0 Å². The molecule has 0 bridgehead atoms. The number of amides is 1. The molecule has 5 heteroatoms. The second kappa shape index (κ2) is 7.50. The Balaban J connectivity index is 2.78. The first kappa shape index (κ1) is 17.6. The first-order chi connectivity index (χ1) is 9.90. The molecule has 3 N–H and O–H groups in total. The lowest BCUT2D eigenvalue weighted by atomic mass is 9.81. The second-order valence-corrected chi connectivity index (χ2v) is 5.47. The number of nitrogens with one attached hydrogen (secondary N) is 1. The van der Waals surface area contributed by atoms with Gasteiger partial charge in [-0.1, -0.05) is 19.9 Å². The van der Waals surface area contributed by atoms with E-state index < -0.39 is 17.0 Å². The van der Waals surface area contributed by atoms with Gasteiger partial charge in [-0.05, 0) is 38.3 Å². The van der Waals surface area contributed by atoms with E-state index in [1.807, 2.05) is 13.8 Å². The molecule has 1 unspecified atom stereocenters. The Labute approximate surface area is 124 Å². The first-order valence-corrected chi connectivity index (χ1v) is 7.34. The van der Waals surface area contributed by atoms with Crippen LogP contribution >= 0.6 is 0 Å². The lowest BCUT2D eigenvalue weighted by Gasteiger charge is -2.30. The zero-order valence-electron chi connectivity index (χ0n) is 12.9. The number of benzene rings is 1. The predicted molar refractivity (Wildman–Crippen MR) is 79.7 cm³/mol. The minimum Gasteiger partial charge on any atom is -0.353 e. The van der Waals surface area contributed by atoms with Gasteiger partial charge in [0, 0.05) is 18.2 Å². The number of carbonyl (C=O) groups is 1. The van der Waals surface area contributed by atoms with E-state index in [1.165, 1.54) is 18.2 Å². The molecule has 21 heavy (non-hydrogen) atoms. The maximum atomic E-state index is 13.6. The average molecular weight is 298 g/mol. The van der Waals surface area contributed by atoms with E-state index in [0.717, 1.165) is 0 Å². The van der Waals surface area contributed by atoms with Crippen molar-refractivity contribution in [2.45, 2.75) is 46.1 Å². The van der Waals surface area contributed by atoms with Gasteiger partial charge in [-0.3, -0.25) is 4.79 Å². The van der Waals surface area contributed by atoms with Gasteiger partial charge < -0.3 is 11.1 Å². The summed E-state index contributed by atoms with van der Waals surface area (Å²) in [5, 5.41) is 2.82. The van der Waals surface area contributed by atoms with Gasteiger partial charge in [-0.25, -0.2) is 8.78 Å². The van der Waals surface area contributed by atoms with Crippen LogP contribution in [0.3, 0.4) is 0 Å². The van der Waals surface area contributed by atoms with Crippen molar-refractivity contribution < 1.29 is 13.6 Å². The van der Waals surface area contributed by atoms with Gasteiger partial charge >= 0.3 is 0 Å². The van der Waals surface area contributed by atoms with E-state index in [9.17, 15) is 13.6 Å². The molecular weight excluding hydrogens is 274 g/mol. The first-order valence-electron chi connectivity index (χ1n) is 7.34. The Morgan fingerprint density at radius 2 is 1.81 bits per heavy atom. The van der Waals surface area contributed by atoms with E-state index >= 15 is 0 Å². The van der Waals surface area contributed by atoms with Crippen LogP contribution in [0.5, 0.6) is 0 Å². The van der Waals surface area contributed by atoms with Crippen molar-refractivity contribution in [3.05, 3.63) is 35.4 Å². The monoisotopic (exact) mass is 298 g/mol. The third kappa shape index (κ3) is 4.00. The highest BCUT2D eigenvalue weighted by molar-refractivity contribution is 5.83. The second-order valence-electron chi connectivity index (χ2n) is 5.47. The Morgan fingerprint density at radius 1 is 1.29 bits per heavy atom. The molecule has 0 fully saturated rings. The molecule has 0 saturated carbocycles. The van der Waals surface area contributed by atoms with Crippen LogP contribution in [0.1, 0.15) is 39.2 Å². The van der Waals surface area contributed by atoms with Crippen molar-refractivity contribution >= 4 is 5.91 Å². The molecule has 0 aromatic heterocycles. The van der Waals surface area contributed by atoms with Crippen LogP contribution in [-0.2, 0) is 11.2 Å². The Hall–Kier alpha value is -1.49. The molecule has 3 nitrogen and oxygen atoms in total. The Kier molecular flexibility index (Phi) is 6.27. The van der Waals surface area contributed by atoms with Crippen molar-refractivity contribution in [2.24, 2.45) is 11.1 Å². The number of nitrogens with two attached hydrogens (primary N) is 1. The fourth-order valence-electron chi connectivity index (χ4n) is 2.41. The van der Waals surface area contributed by atoms with Gasteiger partial charge in [0.05, 0.1) is 5.41 Å². The molecule has 0 aliphatic heterocycles. The number of halogens is 2. The highest BCUT2D eigenvalue weighted by Crippen LogP contribution is 2.25. The number of hydrogen-bond acceptors (Lipinski definition) is 2. The van der Waals surface area contributed by atoms with Crippen molar-refractivity contribution in [1.29, 1.82) is 0 Å². The highest BCUT2D eigenvalue weighted by atomic mass is 19.1. The van der Waals surface area contributed by atoms with Crippen LogP contribution < -0.4 is 11.1 Å². The van der Waals surface area contributed by atoms with Gasteiger partial charge in [-0.2, -0.15) is 0 Å². The summed E-state index contributed by atoms with van der Waals surface area (Å²) in [4.78, 5) is 12.4. The maximum absolute atomic E-state index is 13.6. The minimum atomic E-state index is -0.609. The standard InChI is InChI=1S/C16H24F2N2O/c1-4-16(5-2,10-19)15(21)20-11(3)9-12-13(17)7-6-8-14(12)18/h6-8,11H,4-5,9-10,19H2,1-3H3,(H,20,21). The summed E-state index contributed by atoms with van der Waals surface area (Å²) in [7, 11) is 0. The molecule has 1 rings (SSSR count). The topological polar surface area (TPSA) is 55.1 Å². The van der Waals surface area contributed by atoms with Crippen LogP contribution in [0, 0.1) is 17.0 Å². The van der Waals surface area contributed by atoms with Gasteiger partial charge in [0.1, 0.15) is 11.6 Å². The summed E-state index contributed by atoms with van der Waals surface area (Å²) in [6.45, 7) is 5.82. The van der Waals surface area contributed by atoms with Crippen molar-refractivity contribution in [2.75, 3.05) is 6.54 Å². The lowest BCUT2D eigenvalue weighted by Crippen LogP contribution is -2.48. The van der Waals surface area contributed by atoms with Crippen LogP contribution in [0.25, 0.3) is 0 Å². The Bertz CT molecular complexity index is 459. The van der Waals surface area contributed by atoms with Gasteiger partial charge in [0.25, 0.3) is 0 Å². The molecule has 0 aliphatic rings. The van der Waals surface area contributed by atoms with E-state index in [1.54, 1.807) is 6.92 Å². The van der Waals surface area contributed by atoms with E-state index in [0.29, 0.717) is 12.8 Å². The molecule has 0 aliphatic carbocycles. The lowest BCUT2D eigenvalue weighted by molar-refractivity contribution is -0.131. The molecular formula is C16H24F2N2O. The number of carbonyl (C=O) groups excluding carboxylic acids is 1. The molecule has 0 saturated heterocycles. The van der Waals surface area contributed by atoms with Crippen molar-refractivity contribution in [3.63, 3.8) is 0 Å². The zero-order chi connectivity index (χ0) is 16.0. The summed E-state index contributed by atoms with van der Waals surface area (Å²) in [5.74, 6) is -1.33. The van der Waals surface area contributed by atoms with E-state index in [4.69, 9.17) is 5.73 Å². The SMILES string of the molecule is CCC(CC)(CN)C(=O)NC(C)Cc1c(F)cccc1F. The fraction of sp³-hybridized carbons (Fsp3) is 0.562. The fourth-order valence-corrected chi connectivity index (χ4v) is 2.41. The van der Waals surface area contributed by atoms with Crippen molar-refractivity contribution in [3.8, 4) is 0 Å². The molecule has 118 valence electrons. The molecule has 1 atom stereocenters. The Morgan fingerprint density at radius 3 is 2.24 bits per heavy atom. The quantitative estimate of drug-likeness (QED) is 0.813. The highest BCUT2D eigenvalue weighted by Gasteiger charge is 2.34. The molecule has 1 aromatic rings. The molecule has 0 spiro atoms. The third-order valence-electron chi connectivity index (χ3n) is 4.18. The summed E-state index contributed by atoms with van der Waals surface area (Å²) in [6, 6.07) is 3.39. The maximum Gasteiger partial charge on any atom is 0.227 e. The zero-order valence-corrected chi connectivity index (χ0v) is 12.9.